The van der Waals surface area contributed by atoms with Gasteiger partial charge in [-0.25, -0.2) is 9.59 Å². The number of hydrogen-bond acceptors (Lipinski definition) is 7. The monoisotopic (exact) mass is 396 g/mol. The van der Waals surface area contributed by atoms with E-state index in [1.165, 1.54) is 24.1 Å². The van der Waals surface area contributed by atoms with E-state index in [-0.39, 0.29) is 22.4 Å². The van der Waals surface area contributed by atoms with E-state index in [9.17, 15) is 24.5 Å². The molecule has 0 bridgehead atoms. The molecule has 3 atom stereocenters. The third-order valence-corrected chi connectivity index (χ3v) is 5.09. The number of nitrogens with one attached hydrogen (secondary N) is 1. The van der Waals surface area contributed by atoms with Crippen molar-refractivity contribution < 1.29 is 24.0 Å². The number of nitro groups is 1. The number of benzene rings is 1. The van der Waals surface area contributed by atoms with Crippen LogP contribution < -0.4 is 10.1 Å². The lowest BCUT2D eigenvalue weighted by Gasteiger charge is -2.46. The Balaban J connectivity index is 1.70. The topological polar surface area (TPSA) is 122 Å². The lowest BCUT2D eigenvalue weighted by Crippen LogP contribution is -2.68. The fourth-order valence-electron chi connectivity index (χ4n) is 3.32. The van der Waals surface area contributed by atoms with Gasteiger partial charge in [0.25, 0.3) is 5.69 Å². The smallest absolute Gasteiger partial charge is 0.328 e. The normalized spacial score (nSPS) is 25.2. The first kappa shape index (κ1) is 19.1. The molecule has 1 aromatic carbocycles. The van der Waals surface area contributed by atoms with Crippen molar-refractivity contribution in [3.63, 3.8) is 0 Å². The molecule has 3 unspecified atom stereocenters. The van der Waals surface area contributed by atoms with E-state index in [1.807, 2.05) is 0 Å². The molecular formula is C16H17ClN4O6. The highest BCUT2D eigenvalue weighted by atomic mass is 35.5. The van der Waals surface area contributed by atoms with E-state index in [4.69, 9.17) is 16.3 Å². The highest BCUT2D eigenvalue weighted by molar-refractivity contribution is 6.32. The molecule has 144 valence electrons. The van der Waals surface area contributed by atoms with Gasteiger partial charge < -0.3 is 9.64 Å². The summed E-state index contributed by atoms with van der Waals surface area (Å²) in [4.78, 5) is 49.4. The second kappa shape index (κ2) is 7.12. The van der Waals surface area contributed by atoms with Gasteiger partial charge in [0.15, 0.2) is 0 Å². The van der Waals surface area contributed by atoms with Crippen LogP contribution in [0.25, 0.3) is 0 Å². The molecule has 2 heterocycles. The second-order valence-corrected chi connectivity index (χ2v) is 6.84. The predicted molar refractivity (Wildman–Crippen MR) is 93.1 cm³/mol. The highest BCUT2D eigenvalue weighted by Crippen LogP contribution is 2.31. The van der Waals surface area contributed by atoms with Gasteiger partial charge in [-0.1, -0.05) is 11.6 Å². The van der Waals surface area contributed by atoms with Crippen molar-refractivity contribution in [2.45, 2.75) is 25.0 Å². The molecule has 1 N–H and O–H groups in total. The fraction of sp³-hybridized carbons (Fsp3) is 0.438. The predicted octanol–water partition coefficient (Wildman–Crippen LogP) is 1.37. The molecule has 2 aliphatic rings. The number of amides is 3. The molecule has 2 aliphatic heterocycles. The zero-order chi connectivity index (χ0) is 19.9. The summed E-state index contributed by atoms with van der Waals surface area (Å²) in [6.07, 6.45) is 0.162. The van der Waals surface area contributed by atoms with E-state index in [1.54, 1.807) is 7.05 Å². The molecule has 3 rings (SSSR count). The Morgan fingerprint density at radius 1 is 1.33 bits per heavy atom. The number of urea groups is 1. The molecule has 3 amide bonds. The van der Waals surface area contributed by atoms with Crippen molar-refractivity contribution in [3.05, 3.63) is 33.3 Å². The minimum Gasteiger partial charge on any atom is -0.425 e. The van der Waals surface area contributed by atoms with Gasteiger partial charge in [0, 0.05) is 26.2 Å². The first-order valence-corrected chi connectivity index (χ1v) is 8.54. The summed E-state index contributed by atoms with van der Waals surface area (Å²) in [6, 6.07) is 2.44. The number of carbonyl (C=O) groups is 3. The number of nitrogens with zero attached hydrogens (tertiary/aromatic N) is 3. The molecule has 0 aromatic heterocycles. The number of hydrogen-bond donors (Lipinski definition) is 1. The van der Waals surface area contributed by atoms with Gasteiger partial charge in [-0.2, -0.15) is 0 Å². The van der Waals surface area contributed by atoms with Gasteiger partial charge in [0.1, 0.15) is 16.8 Å². The van der Waals surface area contributed by atoms with Crippen LogP contribution in [-0.4, -0.2) is 58.9 Å². The van der Waals surface area contributed by atoms with Crippen LogP contribution in [0.3, 0.4) is 0 Å². The van der Waals surface area contributed by atoms with Gasteiger partial charge in [-0.05, 0) is 18.9 Å². The molecule has 0 spiro atoms. The van der Waals surface area contributed by atoms with Crippen molar-refractivity contribution in [3.8, 4) is 5.75 Å². The minimum absolute atomic E-state index is 0.0726. The molecular weight excluding hydrogens is 380 g/mol. The SMILES string of the molecule is CN1C(=O)C2CCC(C(=O)Oc3ccc([N+](=O)[O-])c(Cl)c3)NC2N(C)C1=O. The van der Waals surface area contributed by atoms with E-state index in [0.717, 1.165) is 11.0 Å². The Morgan fingerprint density at radius 3 is 2.67 bits per heavy atom. The lowest BCUT2D eigenvalue weighted by molar-refractivity contribution is -0.384. The summed E-state index contributed by atoms with van der Waals surface area (Å²) in [5.74, 6) is -1.27. The lowest BCUT2D eigenvalue weighted by atomic mass is 9.88. The first-order chi connectivity index (χ1) is 12.7. The summed E-state index contributed by atoms with van der Waals surface area (Å²) in [7, 11) is 2.98. The van der Waals surface area contributed by atoms with Gasteiger partial charge >= 0.3 is 12.0 Å². The summed E-state index contributed by atoms with van der Waals surface area (Å²) in [5.41, 5.74) is -0.292. The fourth-order valence-corrected chi connectivity index (χ4v) is 3.56. The molecule has 2 saturated heterocycles. The number of rotatable bonds is 3. The van der Waals surface area contributed by atoms with Crippen molar-refractivity contribution in [1.29, 1.82) is 0 Å². The first-order valence-electron chi connectivity index (χ1n) is 8.16. The van der Waals surface area contributed by atoms with Crippen LogP contribution in [0.5, 0.6) is 5.75 Å². The number of halogens is 1. The van der Waals surface area contributed by atoms with Gasteiger partial charge in [0.2, 0.25) is 5.91 Å². The van der Waals surface area contributed by atoms with Gasteiger partial charge in [-0.3, -0.25) is 25.1 Å². The largest absolute Gasteiger partial charge is 0.425 e. The van der Waals surface area contributed by atoms with Gasteiger partial charge in [0.05, 0.1) is 17.0 Å². The number of piperidine rings is 1. The molecule has 0 saturated carbocycles. The Labute approximate surface area is 159 Å². The van der Waals surface area contributed by atoms with Crippen molar-refractivity contribution in [2.24, 2.45) is 5.92 Å². The Bertz CT molecular complexity index is 831. The number of carbonyl (C=O) groups excluding carboxylic acids is 3. The van der Waals surface area contributed by atoms with Crippen molar-refractivity contribution in [2.75, 3.05) is 14.1 Å². The third kappa shape index (κ3) is 3.45. The molecule has 0 radical (unpaired) electrons. The maximum absolute atomic E-state index is 12.4. The summed E-state index contributed by atoms with van der Waals surface area (Å²) in [6.45, 7) is 0. The molecule has 10 nitrogen and oxygen atoms in total. The van der Waals surface area contributed by atoms with Crippen LogP contribution in [-0.2, 0) is 9.59 Å². The van der Waals surface area contributed by atoms with E-state index in [2.05, 4.69) is 5.32 Å². The van der Waals surface area contributed by atoms with Crippen LogP contribution >= 0.6 is 11.6 Å². The number of esters is 1. The van der Waals surface area contributed by atoms with Crippen LogP contribution in [0.1, 0.15) is 12.8 Å². The van der Waals surface area contributed by atoms with Crippen LogP contribution in [0.4, 0.5) is 10.5 Å². The number of ether oxygens (including phenoxy) is 1. The van der Waals surface area contributed by atoms with Gasteiger partial charge in [-0.15, -0.1) is 0 Å². The Kier molecular flexibility index (Phi) is 5.03. The molecule has 2 fully saturated rings. The maximum atomic E-state index is 12.4. The molecule has 0 aliphatic carbocycles. The van der Waals surface area contributed by atoms with E-state index < -0.39 is 35.0 Å². The van der Waals surface area contributed by atoms with E-state index >= 15 is 0 Å². The van der Waals surface area contributed by atoms with Crippen molar-refractivity contribution in [1.82, 2.24) is 15.1 Å². The average Bonchev–Trinajstić information content (AvgIpc) is 2.63. The second-order valence-electron chi connectivity index (χ2n) is 6.43. The van der Waals surface area contributed by atoms with Crippen LogP contribution in [0.15, 0.2) is 18.2 Å². The molecule has 11 heteroatoms. The number of imide groups is 1. The van der Waals surface area contributed by atoms with E-state index in [0.29, 0.717) is 12.8 Å². The summed E-state index contributed by atoms with van der Waals surface area (Å²) >= 11 is 5.81. The van der Waals surface area contributed by atoms with Crippen molar-refractivity contribution >= 4 is 35.2 Å². The third-order valence-electron chi connectivity index (χ3n) is 4.79. The Hall–Kier alpha value is -2.72. The average molecular weight is 397 g/mol. The summed E-state index contributed by atoms with van der Waals surface area (Å²) < 4.78 is 5.25. The quantitative estimate of drug-likeness (QED) is 0.354. The standard InChI is InChI=1S/C16H17ClN4O6/c1-19-13-9(14(22)20(2)16(19)24)4-5-11(18-13)15(23)27-8-3-6-12(21(25)26)10(17)7-8/h3,6-7,9,11,13,18H,4-5H2,1-2H3. The minimum atomic E-state index is -0.730. The van der Waals surface area contributed by atoms with Crippen LogP contribution in [0.2, 0.25) is 5.02 Å². The number of nitro benzene ring substituents is 1. The van der Waals surface area contributed by atoms with Crippen LogP contribution in [0, 0.1) is 16.0 Å². The Morgan fingerprint density at radius 2 is 2.04 bits per heavy atom. The molecule has 27 heavy (non-hydrogen) atoms. The zero-order valence-corrected chi connectivity index (χ0v) is 15.3. The summed E-state index contributed by atoms with van der Waals surface area (Å²) in [5, 5.41) is 13.6. The molecule has 1 aromatic rings. The maximum Gasteiger partial charge on any atom is 0.328 e. The zero-order valence-electron chi connectivity index (χ0n) is 14.5. The number of fused-ring (bicyclic) bond motifs is 1. The highest BCUT2D eigenvalue weighted by Gasteiger charge is 2.47.